The minimum absolute atomic E-state index is 0.847. The first-order chi connectivity index (χ1) is 15.3. The largest absolute Gasteiger partial charge is 0.453 e. The number of aromatic nitrogens is 3. The number of rotatable bonds is 2. The molecule has 0 amide bonds. The number of benzene rings is 4. The molecule has 0 radical (unpaired) electrons. The standard InChI is InChI=1S/C27H19N3O/c1-2-26-28-20-15-17(16-25-27(20)30(26)23-13-7-8-14-24(23)31-25)29-21-11-5-3-9-18(21)19-10-4-6-12-22(19)29/h3-16H,2H2,1H3. The van der Waals surface area contributed by atoms with Crippen LogP contribution in [0.15, 0.2) is 84.9 Å². The number of aryl methyl sites for hydroxylation is 1. The van der Waals surface area contributed by atoms with Crippen molar-refractivity contribution in [2.75, 3.05) is 0 Å². The Kier molecular flexibility index (Phi) is 3.23. The van der Waals surface area contributed by atoms with Gasteiger partial charge in [0.25, 0.3) is 0 Å². The van der Waals surface area contributed by atoms with Crippen molar-refractivity contribution in [2.45, 2.75) is 13.3 Å². The summed E-state index contributed by atoms with van der Waals surface area (Å²) in [5.74, 6) is 2.76. The highest BCUT2D eigenvalue weighted by Gasteiger charge is 2.25. The van der Waals surface area contributed by atoms with Gasteiger partial charge >= 0.3 is 0 Å². The molecule has 0 saturated carbocycles. The van der Waals surface area contributed by atoms with Crippen LogP contribution in [0.5, 0.6) is 11.5 Å². The van der Waals surface area contributed by atoms with Gasteiger partial charge in [0.05, 0.1) is 27.9 Å². The Morgan fingerprint density at radius 3 is 2.16 bits per heavy atom. The number of para-hydroxylation sites is 4. The highest BCUT2D eigenvalue weighted by molar-refractivity contribution is 6.09. The van der Waals surface area contributed by atoms with E-state index in [1.54, 1.807) is 0 Å². The van der Waals surface area contributed by atoms with Crippen molar-refractivity contribution in [2.24, 2.45) is 0 Å². The number of hydrogen-bond acceptors (Lipinski definition) is 2. The van der Waals surface area contributed by atoms with Gasteiger partial charge in [0, 0.05) is 23.3 Å². The van der Waals surface area contributed by atoms with Gasteiger partial charge in [0.15, 0.2) is 11.5 Å². The minimum atomic E-state index is 0.847. The Balaban J connectivity index is 1.60. The molecule has 0 fully saturated rings. The van der Waals surface area contributed by atoms with Crippen LogP contribution in [-0.2, 0) is 6.42 Å². The summed E-state index contributed by atoms with van der Waals surface area (Å²) in [5.41, 5.74) is 6.48. The van der Waals surface area contributed by atoms with Crippen LogP contribution in [0.3, 0.4) is 0 Å². The molecule has 0 atom stereocenters. The fraction of sp³-hybridized carbons (Fsp3) is 0.0741. The second kappa shape index (κ2) is 5.99. The van der Waals surface area contributed by atoms with Crippen molar-refractivity contribution in [1.29, 1.82) is 0 Å². The fourth-order valence-electron chi connectivity index (χ4n) is 4.96. The number of hydrogen-bond donors (Lipinski definition) is 0. The SMILES string of the molecule is CCc1nc2cc(-n3c4ccccc4c4ccccc43)cc3c2n1-c1ccccc1O3. The molecular weight excluding hydrogens is 382 g/mol. The predicted molar refractivity (Wildman–Crippen MR) is 125 cm³/mol. The molecule has 0 aliphatic carbocycles. The Morgan fingerprint density at radius 2 is 1.42 bits per heavy atom. The molecular formula is C27H19N3O. The molecule has 4 aromatic carbocycles. The van der Waals surface area contributed by atoms with Crippen LogP contribution in [0.25, 0.3) is 44.2 Å². The second-order valence-electron chi connectivity index (χ2n) is 7.97. The Bertz CT molecular complexity index is 1600. The lowest BCUT2D eigenvalue weighted by Crippen LogP contribution is -2.07. The van der Waals surface area contributed by atoms with Gasteiger partial charge in [-0.15, -0.1) is 0 Å². The molecule has 148 valence electrons. The molecule has 31 heavy (non-hydrogen) atoms. The summed E-state index contributed by atoms with van der Waals surface area (Å²) in [6, 6.07) is 29.6. The van der Waals surface area contributed by atoms with E-state index < -0.39 is 0 Å². The van der Waals surface area contributed by atoms with Crippen molar-refractivity contribution < 1.29 is 4.74 Å². The van der Waals surface area contributed by atoms with Gasteiger partial charge in [0.2, 0.25) is 0 Å². The van der Waals surface area contributed by atoms with Crippen LogP contribution in [0.1, 0.15) is 12.7 Å². The van der Waals surface area contributed by atoms with Crippen molar-refractivity contribution in [3.05, 3.63) is 90.8 Å². The summed E-state index contributed by atoms with van der Waals surface area (Å²) in [5, 5.41) is 2.50. The first-order valence-electron chi connectivity index (χ1n) is 10.6. The zero-order chi connectivity index (χ0) is 20.5. The predicted octanol–water partition coefficient (Wildman–Crippen LogP) is 6.79. The molecule has 1 aliphatic heterocycles. The molecule has 0 unspecified atom stereocenters. The van der Waals surface area contributed by atoms with Crippen molar-refractivity contribution >= 4 is 32.8 Å². The van der Waals surface area contributed by atoms with Crippen LogP contribution in [0, 0.1) is 0 Å². The van der Waals surface area contributed by atoms with Gasteiger partial charge in [-0.05, 0) is 30.3 Å². The van der Waals surface area contributed by atoms with Gasteiger partial charge < -0.3 is 9.30 Å². The van der Waals surface area contributed by atoms with E-state index in [4.69, 9.17) is 9.72 Å². The van der Waals surface area contributed by atoms with E-state index in [0.717, 1.165) is 46.2 Å². The topological polar surface area (TPSA) is 32.0 Å². The van der Waals surface area contributed by atoms with E-state index in [0.29, 0.717) is 0 Å². The average Bonchev–Trinajstić information content (AvgIpc) is 3.36. The van der Waals surface area contributed by atoms with Gasteiger partial charge in [0.1, 0.15) is 11.3 Å². The molecule has 0 N–H and O–H groups in total. The van der Waals surface area contributed by atoms with Gasteiger partial charge in [-0.25, -0.2) is 4.98 Å². The highest BCUT2D eigenvalue weighted by atomic mass is 16.5. The van der Waals surface area contributed by atoms with Crippen LogP contribution >= 0.6 is 0 Å². The minimum Gasteiger partial charge on any atom is -0.453 e. The molecule has 7 rings (SSSR count). The fourth-order valence-corrected chi connectivity index (χ4v) is 4.96. The third kappa shape index (κ3) is 2.16. The van der Waals surface area contributed by atoms with Gasteiger partial charge in [-0.1, -0.05) is 55.5 Å². The van der Waals surface area contributed by atoms with Crippen LogP contribution in [0.2, 0.25) is 0 Å². The van der Waals surface area contributed by atoms with Crippen molar-refractivity contribution in [1.82, 2.24) is 14.1 Å². The lowest BCUT2D eigenvalue weighted by Gasteiger charge is -2.21. The average molecular weight is 401 g/mol. The van der Waals surface area contributed by atoms with Crippen LogP contribution < -0.4 is 4.74 Å². The summed E-state index contributed by atoms with van der Waals surface area (Å²) in [7, 11) is 0. The molecule has 0 spiro atoms. The number of imidazole rings is 1. The van der Waals surface area contributed by atoms with Gasteiger partial charge in [-0.2, -0.15) is 0 Å². The molecule has 4 heteroatoms. The molecule has 4 nitrogen and oxygen atoms in total. The van der Waals surface area contributed by atoms with E-state index in [-0.39, 0.29) is 0 Å². The van der Waals surface area contributed by atoms with Gasteiger partial charge in [-0.3, -0.25) is 4.57 Å². The third-order valence-corrected chi connectivity index (χ3v) is 6.25. The number of nitrogens with zero attached hydrogens (tertiary/aromatic N) is 3. The molecule has 6 aromatic rings. The first-order valence-corrected chi connectivity index (χ1v) is 10.6. The van der Waals surface area contributed by atoms with Crippen LogP contribution in [-0.4, -0.2) is 14.1 Å². The highest BCUT2D eigenvalue weighted by Crippen LogP contribution is 2.43. The zero-order valence-electron chi connectivity index (χ0n) is 17.0. The zero-order valence-corrected chi connectivity index (χ0v) is 17.0. The summed E-state index contributed by atoms with van der Waals surface area (Å²) in [4.78, 5) is 5.00. The molecule has 0 saturated heterocycles. The Labute approximate surface area is 178 Å². The van der Waals surface area contributed by atoms with E-state index in [2.05, 4.69) is 82.8 Å². The molecule has 3 heterocycles. The number of fused-ring (bicyclic) bond motifs is 5. The Morgan fingerprint density at radius 1 is 0.742 bits per heavy atom. The maximum Gasteiger partial charge on any atom is 0.155 e. The van der Waals surface area contributed by atoms with Crippen molar-refractivity contribution in [3.8, 4) is 22.9 Å². The monoisotopic (exact) mass is 401 g/mol. The second-order valence-corrected chi connectivity index (χ2v) is 7.97. The maximum absolute atomic E-state index is 6.40. The lowest BCUT2D eigenvalue weighted by molar-refractivity contribution is 0.474. The quantitative estimate of drug-likeness (QED) is 0.319. The summed E-state index contributed by atoms with van der Waals surface area (Å²) in [6.45, 7) is 2.15. The molecule has 1 aliphatic rings. The Hall–Kier alpha value is -4.05. The smallest absolute Gasteiger partial charge is 0.155 e. The van der Waals surface area contributed by atoms with Crippen LogP contribution in [0.4, 0.5) is 0 Å². The summed E-state index contributed by atoms with van der Waals surface area (Å²) < 4.78 is 11.0. The number of ether oxygens (including phenoxy) is 1. The maximum atomic E-state index is 6.40. The van der Waals surface area contributed by atoms with E-state index in [9.17, 15) is 0 Å². The van der Waals surface area contributed by atoms with E-state index in [1.165, 1.54) is 21.8 Å². The normalized spacial score (nSPS) is 12.4. The first kappa shape index (κ1) is 16.7. The van der Waals surface area contributed by atoms with Crippen molar-refractivity contribution in [3.63, 3.8) is 0 Å². The van der Waals surface area contributed by atoms with E-state index >= 15 is 0 Å². The lowest BCUT2D eigenvalue weighted by atomic mass is 10.2. The van der Waals surface area contributed by atoms with E-state index in [1.807, 2.05) is 18.2 Å². The molecule has 0 bridgehead atoms. The summed E-state index contributed by atoms with van der Waals surface area (Å²) in [6.07, 6.45) is 0.854. The third-order valence-electron chi connectivity index (χ3n) is 6.25. The molecule has 2 aromatic heterocycles. The summed E-state index contributed by atoms with van der Waals surface area (Å²) >= 11 is 0.